The molecule has 0 spiro atoms. The quantitative estimate of drug-likeness (QED) is 0.598. The number of halogens is 1. The number of hydrogen-bond acceptors (Lipinski definition) is 0. The van der Waals surface area contributed by atoms with Gasteiger partial charge in [-0.05, 0) is 55.4 Å². The molecular weight excluding hydrogens is 224 g/mol. The Balaban J connectivity index is 2.60. The highest BCUT2D eigenvalue weighted by molar-refractivity contribution is 9.09. The summed E-state index contributed by atoms with van der Waals surface area (Å²) in [5, 5.41) is 0. The second-order valence-electron chi connectivity index (χ2n) is 3.95. The van der Waals surface area contributed by atoms with E-state index in [0.717, 1.165) is 0 Å². The molecule has 1 aromatic rings. The predicted molar refractivity (Wildman–Crippen MR) is 60.5 cm³/mol. The van der Waals surface area contributed by atoms with Gasteiger partial charge in [0.2, 0.25) is 0 Å². The van der Waals surface area contributed by atoms with E-state index in [-0.39, 0.29) is 0 Å². The van der Waals surface area contributed by atoms with Gasteiger partial charge in [-0.15, -0.1) is 0 Å². The smallest absolute Gasteiger partial charge is 0.0400 e. The van der Waals surface area contributed by atoms with Crippen LogP contribution in [0, 0.1) is 13.8 Å². The lowest BCUT2D eigenvalue weighted by atomic mass is 9.86. The van der Waals surface area contributed by atoms with Crippen molar-refractivity contribution in [3.05, 3.63) is 34.4 Å². The highest BCUT2D eigenvalue weighted by Crippen LogP contribution is 2.39. The Kier molecular flexibility index (Phi) is 2.46. The van der Waals surface area contributed by atoms with Crippen molar-refractivity contribution < 1.29 is 0 Å². The molecule has 0 saturated carbocycles. The molecule has 0 saturated heterocycles. The van der Waals surface area contributed by atoms with E-state index in [9.17, 15) is 0 Å². The summed E-state index contributed by atoms with van der Waals surface area (Å²) >= 11 is 3.77. The van der Waals surface area contributed by atoms with Gasteiger partial charge < -0.3 is 0 Å². The lowest BCUT2D eigenvalue weighted by Crippen LogP contribution is -2.08. The summed E-state index contributed by atoms with van der Waals surface area (Å²) in [6.45, 7) is 4.45. The highest BCUT2D eigenvalue weighted by Gasteiger charge is 2.20. The van der Waals surface area contributed by atoms with Crippen LogP contribution in [-0.2, 0) is 6.42 Å². The Bertz CT molecular complexity index is 328. The van der Waals surface area contributed by atoms with Crippen molar-refractivity contribution in [2.75, 3.05) is 0 Å². The SMILES string of the molecule is Cc1ccc(C)c2c1CCCC2Br. The molecule has 0 aromatic heterocycles. The molecule has 1 atom stereocenters. The normalized spacial score (nSPS) is 21.3. The second-order valence-corrected chi connectivity index (χ2v) is 5.06. The van der Waals surface area contributed by atoms with E-state index in [0.29, 0.717) is 4.83 Å². The number of benzene rings is 1. The van der Waals surface area contributed by atoms with Gasteiger partial charge in [0.25, 0.3) is 0 Å². The lowest BCUT2D eigenvalue weighted by molar-refractivity contribution is 0.674. The molecule has 1 aliphatic carbocycles. The van der Waals surface area contributed by atoms with Crippen LogP contribution in [0.2, 0.25) is 0 Å². The van der Waals surface area contributed by atoms with Gasteiger partial charge in [-0.2, -0.15) is 0 Å². The first kappa shape index (κ1) is 9.26. The average Bonchev–Trinajstić information content (AvgIpc) is 2.12. The number of aryl methyl sites for hydroxylation is 2. The van der Waals surface area contributed by atoms with Crippen LogP contribution in [0.3, 0.4) is 0 Å². The fraction of sp³-hybridized carbons (Fsp3) is 0.500. The third-order valence-corrected chi connectivity index (χ3v) is 3.92. The molecule has 0 aliphatic heterocycles. The second kappa shape index (κ2) is 3.45. The largest absolute Gasteiger partial charge is 0.0839 e. The van der Waals surface area contributed by atoms with E-state index in [1.54, 1.807) is 11.1 Å². The summed E-state index contributed by atoms with van der Waals surface area (Å²) in [5.74, 6) is 0. The van der Waals surface area contributed by atoms with Crippen LogP contribution < -0.4 is 0 Å². The minimum atomic E-state index is 0.594. The topological polar surface area (TPSA) is 0 Å². The monoisotopic (exact) mass is 238 g/mol. The Hall–Kier alpha value is -0.300. The molecular formula is C12H15Br. The van der Waals surface area contributed by atoms with Crippen molar-refractivity contribution in [2.45, 2.75) is 37.9 Å². The Morgan fingerprint density at radius 2 is 1.92 bits per heavy atom. The summed E-state index contributed by atoms with van der Waals surface area (Å²) in [7, 11) is 0. The third-order valence-electron chi connectivity index (χ3n) is 3.01. The van der Waals surface area contributed by atoms with Crippen LogP contribution in [0.4, 0.5) is 0 Å². The molecule has 2 rings (SSSR count). The zero-order chi connectivity index (χ0) is 9.42. The van der Waals surface area contributed by atoms with Crippen molar-refractivity contribution in [1.29, 1.82) is 0 Å². The van der Waals surface area contributed by atoms with Crippen LogP contribution >= 0.6 is 15.9 Å². The average molecular weight is 239 g/mol. The molecule has 1 aliphatic rings. The van der Waals surface area contributed by atoms with Crippen molar-refractivity contribution in [3.63, 3.8) is 0 Å². The first-order valence-corrected chi connectivity index (χ1v) is 5.85. The minimum Gasteiger partial charge on any atom is -0.0839 e. The molecule has 0 nitrogen and oxygen atoms in total. The van der Waals surface area contributed by atoms with Crippen LogP contribution in [0.25, 0.3) is 0 Å². The van der Waals surface area contributed by atoms with E-state index >= 15 is 0 Å². The summed E-state index contributed by atoms with van der Waals surface area (Å²) in [4.78, 5) is 0.594. The molecule has 0 heterocycles. The summed E-state index contributed by atoms with van der Waals surface area (Å²) < 4.78 is 0. The maximum Gasteiger partial charge on any atom is 0.0400 e. The lowest BCUT2D eigenvalue weighted by Gasteiger charge is -2.24. The zero-order valence-electron chi connectivity index (χ0n) is 8.23. The molecule has 1 unspecified atom stereocenters. The number of alkyl halides is 1. The Labute approximate surface area is 88.5 Å². The highest BCUT2D eigenvalue weighted by atomic mass is 79.9. The Morgan fingerprint density at radius 3 is 2.62 bits per heavy atom. The van der Waals surface area contributed by atoms with E-state index in [1.165, 1.54) is 30.4 Å². The van der Waals surface area contributed by atoms with Crippen LogP contribution in [0.5, 0.6) is 0 Å². The maximum atomic E-state index is 3.77. The van der Waals surface area contributed by atoms with Crippen molar-refractivity contribution in [1.82, 2.24) is 0 Å². The fourth-order valence-corrected chi connectivity index (χ4v) is 3.22. The standard InChI is InChI=1S/C12H15Br/c1-8-6-7-9(2)12-10(8)4-3-5-11(12)13/h6-7,11H,3-5H2,1-2H3. The number of fused-ring (bicyclic) bond motifs is 1. The van der Waals surface area contributed by atoms with E-state index < -0.39 is 0 Å². The molecule has 0 bridgehead atoms. The summed E-state index contributed by atoms with van der Waals surface area (Å²) in [6, 6.07) is 4.49. The first-order valence-electron chi connectivity index (χ1n) is 4.93. The third kappa shape index (κ3) is 1.54. The molecule has 1 heteroatoms. The van der Waals surface area contributed by atoms with E-state index in [1.807, 2.05) is 0 Å². The van der Waals surface area contributed by atoms with Crippen LogP contribution in [0.15, 0.2) is 12.1 Å². The van der Waals surface area contributed by atoms with Crippen molar-refractivity contribution >= 4 is 15.9 Å². The van der Waals surface area contributed by atoms with Gasteiger partial charge in [0, 0.05) is 4.83 Å². The zero-order valence-corrected chi connectivity index (χ0v) is 9.82. The van der Waals surface area contributed by atoms with Crippen LogP contribution in [-0.4, -0.2) is 0 Å². The van der Waals surface area contributed by atoms with Gasteiger partial charge in [0.15, 0.2) is 0 Å². The molecule has 13 heavy (non-hydrogen) atoms. The van der Waals surface area contributed by atoms with Gasteiger partial charge >= 0.3 is 0 Å². The van der Waals surface area contributed by atoms with Gasteiger partial charge in [-0.3, -0.25) is 0 Å². The van der Waals surface area contributed by atoms with Gasteiger partial charge in [0.05, 0.1) is 0 Å². The summed E-state index contributed by atoms with van der Waals surface area (Å²) in [6.07, 6.45) is 3.88. The molecule has 1 aromatic carbocycles. The molecule has 70 valence electrons. The molecule has 0 fully saturated rings. The van der Waals surface area contributed by atoms with Crippen LogP contribution in [0.1, 0.15) is 39.9 Å². The molecule has 0 radical (unpaired) electrons. The summed E-state index contributed by atoms with van der Waals surface area (Å²) in [5.41, 5.74) is 6.06. The van der Waals surface area contributed by atoms with E-state index in [4.69, 9.17) is 0 Å². The molecule has 0 amide bonds. The fourth-order valence-electron chi connectivity index (χ4n) is 2.26. The van der Waals surface area contributed by atoms with Gasteiger partial charge in [0.1, 0.15) is 0 Å². The maximum absolute atomic E-state index is 3.77. The first-order chi connectivity index (χ1) is 6.20. The van der Waals surface area contributed by atoms with Gasteiger partial charge in [-0.25, -0.2) is 0 Å². The number of hydrogen-bond donors (Lipinski definition) is 0. The predicted octanol–water partition coefficient (Wildman–Crippen LogP) is 4.08. The number of rotatable bonds is 0. The van der Waals surface area contributed by atoms with Crippen molar-refractivity contribution in [3.8, 4) is 0 Å². The molecule has 0 N–H and O–H groups in total. The Morgan fingerprint density at radius 1 is 1.23 bits per heavy atom. The van der Waals surface area contributed by atoms with Gasteiger partial charge in [-0.1, -0.05) is 28.1 Å². The van der Waals surface area contributed by atoms with Crippen molar-refractivity contribution in [2.24, 2.45) is 0 Å². The van der Waals surface area contributed by atoms with E-state index in [2.05, 4.69) is 41.9 Å². The minimum absolute atomic E-state index is 0.594.